The van der Waals surface area contributed by atoms with Gasteiger partial charge in [0.15, 0.2) is 13.1 Å². The summed E-state index contributed by atoms with van der Waals surface area (Å²) in [5.41, 5.74) is 0. The van der Waals surface area contributed by atoms with Crippen LogP contribution in [0, 0.1) is 0 Å². The predicted octanol–water partition coefficient (Wildman–Crippen LogP) is 0.900. The van der Waals surface area contributed by atoms with Crippen molar-refractivity contribution < 1.29 is 9.31 Å². The van der Waals surface area contributed by atoms with E-state index in [-0.39, 0.29) is 0 Å². The minimum Gasteiger partial charge on any atom is -0.368 e. The van der Waals surface area contributed by atoms with E-state index in [4.69, 9.17) is 4.74 Å². The lowest BCUT2D eigenvalue weighted by Crippen LogP contribution is -2.29. The summed E-state index contributed by atoms with van der Waals surface area (Å²) in [5, 5.41) is 0. The van der Waals surface area contributed by atoms with E-state index < -0.39 is 0 Å². The zero-order chi connectivity index (χ0) is 7.23. The standard InChI is InChI=1S/C8H16NO/c1-2-3-4-9-5-7-10-8-6-9/h4H,2-3,5-8H2,1H3/q+1. The first-order chi connectivity index (χ1) is 4.93. The Morgan fingerprint density at radius 3 is 2.70 bits per heavy atom. The van der Waals surface area contributed by atoms with Crippen LogP contribution in [-0.2, 0) is 4.74 Å². The summed E-state index contributed by atoms with van der Waals surface area (Å²) in [4.78, 5) is 0. The molecule has 1 heterocycles. The van der Waals surface area contributed by atoms with E-state index in [0.29, 0.717) is 0 Å². The van der Waals surface area contributed by atoms with Crippen molar-refractivity contribution in [2.45, 2.75) is 19.8 Å². The van der Waals surface area contributed by atoms with E-state index in [1.807, 2.05) is 0 Å². The Morgan fingerprint density at radius 2 is 2.10 bits per heavy atom. The molecule has 0 amide bonds. The van der Waals surface area contributed by atoms with Crippen molar-refractivity contribution in [2.24, 2.45) is 0 Å². The Bertz CT molecular complexity index is 112. The number of unbranched alkanes of at least 4 members (excludes halogenated alkanes) is 1. The smallest absolute Gasteiger partial charge is 0.165 e. The molecule has 0 unspecified atom stereocenters. The molecule has 0 aromatic carbocycles. The van der Waals surface area contributed by atoms with E-state index >= 15 is 0 Å². The minimum atomic E-state index is 0.903. The first kappa shape index (κ1) is 7.73. The topological polar surface area (TPSA) is 12.2 Å². The van der Waals surface area contributed by atoms with E-state index in [1.54, 1.807) is 0 Å². The summed E-state index contributed by atoms with van der Waals surface area (Å²) in [7, 11) is 0. The fourth-order valence-electron chi connectivity index (χ4n) is 1.07. The number of hydrogen-bond acceptors (Lipinski definition) is 1. The van der Waals surface area contributed by atoms with Crippen LogP contribution in [0.5, 0.6) is 0 Å². The molecule has 1 aliphatic rings. The summed E-state index contributed by atoms with van der Waals surface area (Å²) in [5.74, 6) is 0. The largest absolute Gasteiger partial charge is 0.368 e. The van der Waals surface area contributed by atoms with Crippen molar-refractivity contribution in [1.82, 2.24) is 0 Å². The van der Waals surface area contributed by atoms with Crippen molar-refractivity contribution in [3.63, 3.8) is 0 Å². The van der Waals surface area contributed by atoms with Crippen LogP contribution in [0.25, 0.3) is 0 Å². The maximum Gasteiger partial charge on any atom is 0.165 e. The molecule has 0 aromatic rings. The Balaban J connectivity index is 2.23. The van der Waals surface area contributed by atoms with Crippen LogP contribution in [-0.4, -0.2) is 37.1 Å². The van der Waals surface area contributed by atoms with Crippen LogP contribution >= 0.6 is 0 Å². The Hall–Kier alpha value is -0.370. The third-order valence-electron chi connectivity index (χ3n) is 1.72. The van der Waals surface area contributed by atoms with Gasteiger partial charge in [-0.2, -0.15) is 0 Å². The highest BCUT2D eigenvalue weighted by Gasteiger charge is 2.08. The molecule has 0 saturated carbocycles. The van der Waals surface area contributed by atoms with E-state index in [9.17, 15) is 0 Å². The van der Waals surface area contributed by atoms with Crippen molar-refractivity contribution in [1.29, 1.82) is 0 Å². The lowest BCUT2D eigenvalue weighted by molar-refractivity contribution is -0.546. The minimum absolute atomic E-state index is 0.903. The number of nitrogens with zero attached hydrogens (tertiary/aromatic N) is 1. The molecule has 2 nitrogen and oxygen atoms in total. The Morgan fingerprint density at radius 1 is 1.40 bits per heavy atom. The second-order valence-electron chi connectivity index (χ2n) is 2.62. The number of morpholine rings is 1. The van der Waals surface area contributed by atoms with Crippen LogP contribution in [0.15, 0.2) is 0 Å². The summed E-state index contributed by atoms with van der Waals surface area (Å²) in [6.07, 6.45) is 4.75. The molecule has 0 radical (unpaired) electrons. The number of hydrogen-bond donors (Lipinski definition) is 0. The molecule has 0 aromatic heterocycles. The van der Waals surface area contributed by atoms with Gasteiger partial charge in [0.2, 0.25) is 0 Å². The molecule has 1 rings (SSSR count). The van der Waals surface area contributed by atoms with Crippen LogP contribution in [0.2, 0.25) is 0 Å². The summed E-state index contributed by atoms with van der Waals surface area (Å²) < 4.78 is 7.57. The van der Waals surface area contributed by atoms with Gasteiger partial charge in [0.1, 0.15) is 19.4 Å². The molecule has 0 bridgehead atoms. The first-order valence-corrected chi connectivity index (χ1v) is 4.08. The number of rotatable bonds is 2. The summed E-state index contributed by atoms with van der Waals surface area (Å²) in [6, 6.07) is 0. The molecule has 2 heteroatoms. The molecule has 1 aliphatic heterocycles. The molecular formula is C8H16NO+. The predicted molar refractivity (Wildman–Crippen MR) is 41.8 cm³/mol. The molecule has 1 saturated heterocycles. The highest BCUT2D eigenvalue weighted by molar-refractivity contribution is 5.50. The average molecular weight is 142 g/mol. The second-order valence-corrected chi connectivity index (χ2v) is 2.62. The lowest BCUT2D eigenvalue weighted by atomic mass is 10.3. The van der Waals surface area contributed by atoms with Crippen molar-refractivity contribution in [2.75, 3.05) is 26.3 Å². The summed E-state index contributed by atoms with van der Waals surface area (Å²) in [6.45, 7) is 6.18. The molecule has 10 heavy (non-hydrogen) atoms. The SMILES string of the molecule is CCCC=[N+]1CCOCC1. The highest BCUT2D eigenvalue weighted by atomic mass is 16.5. The van der Waals surface area contributed by atoms with E-state index in [1.165, 1.54) is 12.8 Å². The molecule has 0 N–H and O–H groups in total. The van der Waals surface area contributed by atoms with Crippen molar-refractivity contribution in [3.05, 3.63) is 0 Å². The van der Waals surface area contributed by atoms with Crippen molar-refractivity contribution >= 4 is 6.21 Å². The van der Waals surface area contributed by atoms with Gasteiger partial charge in [-0.15, -0.1) is 0 Å². The van der Waals surface area contributed by atoms with Crippen LogP contribution in [0.4, 0.5) is 0 Å². The van der Waals surface area contributed by atoms with Gasteiger partial charge < -0.3 is 4.74 Å². The number of ether oxygens (including phenoxy) is 1. The molecule has 0 aliphatic carbocycles. The van der Waals surface area contributed by atoms with Gasteiger partial charge >= 0.3 is 0 Å². The fourth-order valence-corrected chi connectivity index (χ4v) is 1.07. The van der Waals surface area contributed by atoms with Crippen molar-refractivity contribution in [3.8, 4) is 0 Å². The maximum atomic E-state index is 5.22. The molecule has 0 atom stereocenters. The van der Waals surface area contributed by atoms with Gasteiger partial charge in [0.05, 0.1) is 0 Å². The van der Waals surface area contributed by atoms with Crippen LogP contribution < -0.4 is 0 Å². The van der Waals surface area contributed by atoms with Gasteiger partial charge in [-0.3, -0.25) is 0 Å². The third-order valence-corrected chi connectivity index (χ3v) is 1.72. The van der Waals surface area contributed by atoms with E-state index in [0.717, 1.165) is 26.3 Å². The lowest BCUT2D eigenvalue weighted by Gasteiger charge is -2.09. The third kappa shape index (κ3) is 2.48. The quantitative estimate of drug-likeness (QED) is 0.522. The van der Waals surface area contributed by atoms with Gasteiger partial charge in [-0.25, -0.2) is 4.58 Å². The van der Waals surface area contributed by atoms with Crippen LogP contribution in [0.3, 0.4) is 0 Å². The van der Waals surface area contributed by atoms with E-state index in [2.05, 4.69) is 17.7 Å². The fraction of sp³-hybridized carbons (Fsp3) is 0.875. The maximum absolute atomic E-state index is 5.22. The normalized spacial score (nSPS) is 19.1. The second kappa shape index (κ2) is 4.45. The van der Waals surface area contributed by atoms with Gasteiger partial charge in [-0.1, -0.05) is 6.92 Å². The van der Waals surface area contributed by atoms with Crippen LogP contribution in [0.1, 0.15) is 19.8 Å². The van der Waals surface area contributed by atoms with Gasteiger partial charge in [0, 0.05) is 6.42 Å². The zero-order valence-electron chi connectivity index (χ0n) is 6.68. The average Bonchev–Trinajstić information content (AvgIpc) is 2.03. The zero-order valence-corrected chi connectivity index (χ0v) is 6.68. The Kier molecular flexibility index (Phi) is 3.44. The van der Waals surface area contributed by atoms with Gasteiger partial charge in [0.25, 0.3) is 0 Å². The summed E-state index contributed by atoms with van der Waals surface area (Å²) >= 11 is 0. The molecule has 1 fully saturated rings. The molecule has 0 spiro atoms. The first-order valence-electron chi connectivity index (χ1n) is 4.08. The highest BCUT2D eigenvalue weighted by Crippen LogP contribution is 1.89. The Labute approximate surface area is 62.5 Å². The molecule has 58 valence electrons. The van der Waals surface area contributed by atoms with Gasteiger partial charge in [-0.05, 0) is 6.42 Å². The monoisotopic (exact) mass is 142 g/mol. The molecular weight excluding hydrogens is 126 g/mol.